The van der Waals surface area contributed by atoms with Gasteiger partial charge < -0.3 is 15.4 Å². The van der Waals surface area contributed by atoms with Gasteiger partial charge in [0.05, 0.1) is 19.3 Å². The average Bonchev–Trinajstić information content (AvgIpc) is 2.96. The van der Waals surface area contributed by atoms with Gasteiger partial charge in [-0.15, -0.1) is 35.3 Å². The molecule has 136 valence electrons. The highest BCUT2D eigenvalue weighted by atomic mass is 127. The van der Waals surface area contributed by atoms with Crippen molar-refractivity contribution >= 4 is 41.3 Å². The molecule has 1 aliphatic heterocycles. The molecule has 1 unspecified atom stereocenters. The van der Waals surface area contributed by atoms with Crippen LogP contribution in [0.3, 0.4) is 0 Å². The van der Waals surface area contributed by atoms with Crippen LogP contribution in [-0.2, 0) is 4.74 Å². The second-order valence-corrected chi connectivity index (χ2v) is 7.66. The van der Waals surface area contributed by atoms with Crippen LogP contribution in [0.25, 0.3) is 0 Å². The van der Waals surface area contributed by atoms with Crippen molar-refractivity contribution in [2.24, 2.45) is 4.99 Å². The number of hydrogen-bond acceptors (Lipinski definition) is 4. The number of thiophene rings is 1. The third-order valence-electron chi connectivity index (χ3n) is 4.71. The minimum absolute atomic E-state index is 0. The SMILES string of the molecule is CN=C(NCC(c1ccc(C)s1)N1CCOCC1)NC1CCC1.I. The molecule has 1 aliphatic carbocycles. The fourth-order valence-corrected chi connectivity index (χ4v) is 4.08. The van der Waals surface area contributed by atoms with Crippen molar-refractivity contribution in [3.63, 3.8) is 0 Å². The Hall–Kier alpha value is -0.380. The summed E-state index contributed by atoms with van der Waals surface area (Å²) < 4.78 is 5.52. The monoisotopic (exact) mass is 464 g/mol. The fraction of sp³-hybridized carbons (Fsp3) is 0.706. The van der Waals surface area contributed by atoms with Gasteiger partial charge in [0.2, 0.25) is 0 Å². The number of guanidine groups is 1. The van der Waals surface area contributed by atoms with Gasteiger partial charge in [-0.1, -0.05) is 0 Å². The summed E-state index contributed by atoms with van der Waals surface area (Å²) in [4.78, 5) is 9.70. The van der Waals surface area contributed by atoms with E-state index in [0.717, 1.165) is 38.8 Å². The molecule has 0 radical (unpaired) electrons. The first-order chi connectivity index (χ1) is 11.3. The molecule has 1 atom stereocenters. The highest BCUT2D eigenvalue weighted by Crippen LogP contribution is 2.28. The third-order valence-corrected chi connectivity index (χ3v) is 5.81. The zero-order chi connectivity index (χ0) is 16.1. The Morgan fingerprint density at radius 2 is 2.12 bits per heavy atom. The molecular weight excluding hydrogens is 435 g/mol. The zero-order valence-corrected chi connectivity index (χ0v) is 17.7. The Bertz CT molecular complexity index is 526. The van der Waals surface area contributed by atoms with Gasteiger partial charge in [0.25, 0.3) is 0 Å². The second-order valence-electron chi connectivity index (χ2n) is 6.34. The van der Waals surface area contributed by atoms with Crippen molar-refractivity contribution in [3.8, 4) is 0 Å². The van der Waals surface area contributed by atoms with E-state index >= 15 is 0 Å². The van der Waals surface area contributed by atoms with E-state index in [4.69, 9.17) is 4.74 Å². The predicted molar refractivity (Wildman–Crippen MR) is 112 cm³/mol. The van der Waals surface area contributed by atoms with Crippen molar-refractivity contribution in [1.29, 1.82) is 0 Å². The van der Waals surface area contributed by atoms with E-state index in [-0.39, 0.29) is 24.0 Å². The van der Waals surface area contributed by atoms with Gasteiger partial charge in [-0.25, -0.2) is 0 Å². The Kier molecular flexibility index (Phi) is 8.25. The van der Waals surface area contributed by atoms with Gasteiger partial charge in [-0.3, -0.25) is 9.89 Å². The van der Waals surface area contributed by atoms with Crippen LogP contribution in [0.2, 0.25) is 0 Å². The second kappa shape index (κ2) is 9.94. The highest BCUT2D eigenvalue weighted by Gasteiger charge is 2.25. The van der Waals surface area contributed by atoms with E-state index in [1.165, 1.54) is 29.0 Å². The maximum atomic E-state index is 5.52. The van der Waals surface area contributed by atoms with E-state index in [2.05, 4.69) is 39.6 Å². The molecule has 2 heterocycles. The number of ether oxygens (including phenoxy) is 1. The van der Waals surface area contributed by atoms with Crippen LogP contribution in [-0.4, -0.2) is 56.8 Å². The van der Waals surface area contributed by atoms with Crippen LogP contribution >= 0.6 is 35.3 Å². The molecule has 1 aromatic heterocycles. The van der Waals surface area contributed by atoms with Gasteiger partial charge in [0.1, 0.15) is 0 Å². The van der Waals surface area contributed by atoms with Gasteiger partial charge in [-0.2, -0.15) is 0 Å². The molecule has 0 aromatic carbocycles. The molecule has 2 N–H and O–H groups in total. The summed E-state index contributed by atoms with van der Waals surface area (Å²) in [6.07, 6.45) is 3.86. The molecule has 7 heteroatoms. The number of aryl methyl sites for hydroxylation is 1. The first-order valence-electron chi connectivity index (χ1n) is 8.61. The van der Waals surface area contributed by atoms with Crippen LogP contribution in [0.4, 0.5) is 0 Å². The van der Waals surface area contributed by atoms with E-state index in [1.807, 2.05) is 18.4 Å². The zero-order valence-electron chi connectivity index (χ0n) is 14.6. The van der Waals surface area contributed by atoms with Gasteiger partial charge in [0.15, 0.2) is 5.96 Å². The van der Waals surface area contributed by atoms with Gasteiger partial charge in [-0.05, 0) is 38.3 Å². The molecule has 0 bridgehead atoms. The van der Waals surface area contributed by atoms with Crippen LogP contribution < -0.4 is 10.6 Å². The maximum absolute atomic E-state index is 5.52. The Balaban J connectivity index is 0.00000208. The molecule has 5 nitrogen and oxygen atoms in total. The molecular formula is C17H29IN4OS. The largest absolute Gasteiger partial charge is 0.379 e. The standard InChI is InChI=1S/C17H28N4OS.HI/c1-13-6-7-16(23-13)15(21-8-10-22-11-9-21)12-19-17(18-2)20-14-4-3-5-14;/h6-7,14-15H,3-5,8-12H2,1-2H3,(H2,18,19,20);1H. The average molecular weight is 464 g/mol. The fourth-order valence-electron chi connectivity index (χ4n) is 3.07. The van der Waals surface area contributed by atoms with Gasteiger partial charge >= 0.3 is 0 Å². The van der Waals surface area contributed by atoms with E-state index in [1.54, 1.807) is 0 Å². The first kappa shape index (κ1) is 19.9. The molecule has 1 saturated heterocycles. The Morgan fingerprint density at radius 3 is 2.67 bits per heavy atom. The first-order valence-corrected chi connectivity index (χ1v) is 9.43. The minimum Gasteiger partial charge on any atom is -0.379 e. The summed E-state index contributed by atoms with van der Waals surface area (Å²) in [6.45, 7) is 6.71. The number of rotatable bonds is 5. The van der Waals surface area contributed by atoms with Crippen molar-refractivity contribution in [2.75, 3.05) is 39.9 Å². The quantitative estimate of drug-likeness (QED) is 0.400. The normalized spacial score (nSPS) is 20.8. The molecule has 0 amide bonds. The van der Waals surface area contributed by atoms with Crippen LogP contribution in [0.1, 0.15) is 35.1 Å². The van der Waals surface area contributed by atoms with Crippen LogP contribution in [0.15, 0.2) is 17.1 Å². The van der Waals surface area contributed by atoms with Crippen LogP contribution in [0.5, 0.6) is 0 Å². The lowest BCUT2D eigenvalue weighted by atomic mass is 9.93. The molecule has 24 heavy (non-hydrogen) atoms. The molecule has 1 saturated carbocycles. The number of halogens is 1. The van der Waals surface area contributed by atoms with Crippen molar-refractivity contribution in [2.45, 2.75) is 38.3 Å². The maximum Gasteiger partial charge on any atom is 0.191 e. The summed E-state index contributed by atoms with van der Waals surface area (Å²) in [6, 6.07) is 5.48. The topological polar surface area (TPSA) is 48.9 Å². The predicted octanol–water partition coefficient (Wildman–Crippen LogP) is 2.77. The van der Waals surface area contributed by atoms with Crippen LogP contribution in [0, 0.1) is 6.92 Å². The van der Waals surface area contributed by atoms with E-state index < -0.39 is 0 Å². The summed E-state index contributed by atoms with van der Waals surface area (Å²) in [5.41, 5.74) is 0. The number of nitrogens with zero attached hydrogens (tertiary/aromatic N) is 2. The third kappa shape index (κ3) is 5.31. The Morgan fingerprint density at radius 1 is 1.38 bits per heavy atom. The highest BCUT2D eigenvalue weighted by molar-refractivity contribution is 14.0. The molecule has 2 fully saturated rings. The molecule has 1 aromatic rings. The summed E-state index contributed by atoms with van der Waals surface area (Å²) in [7, 11) is 1.85. The Labute approximate surface area is 166 Å². The van der Waals surface area contributed by atoms with Crippen molar-refractivity contribution in [3.05, 3.63) is 21.9 Å². The van der Waals surface area contributed by atoms with Gasteiger partial charge in [0, 0.05) is 42.5 Å². The number of morpholine rings is 1. The lowest BCUT2D eigenvalue weighted by molar-refractivity contribution is 0.0177. The lowest BCUT2D eigenvalue weighted by Gasteiger charge is -2.35. The summed E-state index contributed by atoms with van der Waals surface area (Å²) in [5, 5.41) is 7.05. The summed E-state index contributed by atoms with van der Waals surface area (Å²) >= 11 is 1.90. The lowest BCUT2D eigenvalue weighted by Crippen LogP contribution is -2.49. The molecule has 0 spiro atoms. The smallest absolute Gasteiger partial charge is 0.191 e. The van der Waals surface area contributed by atoms with Crippen molar-refractivity contribution in [1.82, 2.24) is 15.5 Å². The van der Waals surface area contributed by atoms with E-state index in [0.29, 0.717) is 12.1 Å². The minimum atomic E-state index is 0. The van der Waals surface area contributed by atoms with Crippen molar-refractivity contribution < 1.29 is 4.74 Å². The molecule has 3 rings (SSSR count). The summed E-state index contributed by atoms with van der Waals surface area (Å²) in [5.74, 6) is 0.932. The number of hydrogen-bond donors (Lipinski definition) is 2. The number of nitrogens with one attached hydrogen (secondary N) is 2. The van der Waals surface area contributed by atoms with E-state index in [9.17, 15) is 0 Å². The molecule has 2 aliphatic rings. The number of aliphatic imine (C=N–C) groups is 1.